The molecule has 3 heteroatoms. The number of nitrogens with zero attached hydrogens (tertiary/aromatic N) is 2. The normalized spacial score (nSPS) is 11.2. The molecule has 5 aromatic carbocycles. The summed E-state index contributed by atoms with van der Waals surface area (Å²) in [6, 6.07) is 46.2. The summed E-state index contributed by atoms with van der Waals surface area (Å²) in [6.45, 7) is 0. The van der Waals surface area contributed by atoms with Gasteiger partial charge < -0.3 is 9.13 Å². The largest absolute Gasteiger partial charge is 0.439 e. The van der Waals surface area contributed by atoms with Gasteiger partial charge in [0.15, 0.2) is 0 Å². The summed E-state index contributed by atoms with van der Waals surface area (Å²) in [6.07, 6.45) is 3.65. The maximum absolute atomic E-state index is 3.70. The molecule has 163 valence electrons. The standard InChI is InChI=1S/C32H20N2.Y/c1-2-11-23(12-3-1)29-22-33(30-18-7-4-17-28(29)30)24-13-10-14-25(21-24)34-31-19-8-5-15-26(31)27-16-6-9-20-32(27)34;/h1-20H;/q-2;. The molecule has 7 rings (SSSR count). The first-order valence-electron chi connectivity index (χ1n) is 11.5. The van der Waals surface area contributed by atoms with Crippen LogP contribution in [0.1, 0.15) is 0 Å². The van der Waals surface area contributed by atoms with Crippen molar-refractivity contribution < 1.29 is 32.7 Å². The fourth-order valence-corrected chi connectivity index (χ4v) is 5.02. The third-order valence-electron chi connectivity index (χ3n) is 6.53. The molecule has 35 heavy (non-hydrogen) atoms. The van der Waals surface area contributed by atoms with Gasteiger partial charge >= 0.3 is 0 Å². The molecule has 2 nitrogen and oxygen atoms in total. The van der Waals surface area contributed by atoms with Crippen molar-refractivity contribution in [3.05, 3.63) is 134 Å². The third kappa shape index (κ3) is 3.57. The first-order chi connectivity index (χ1) is 16.9. The van der Waals surface area contributed by atoms with E-state index < -0.39 is 0 Å². The van der Waals surface area contributed by atoms with Crippen molar-refractivity contribution in [3.8, 4) is 22.5 Å². The number of hydrogen-bond donors (Lipinski definition) is 0. The molecule has 0 saturated carbocycles. The number of benzene rings is 5. The summed E-state index contributed by atoms with van der Waals surface area (Å²) in [7, 11) is 0. The molecular weight excluding hydrogens is 501 g/mol. The number of para-hydroxylation sites is 3. The summed E-state index contributed by atoms with van der Waals surface area (Å²) in [4.78, 5) is 0. The van der Waals surface area contributed by atoms with Gasteiger partial charge in [-0.25, -0.2) is 0 Å². The van der Waals surface area contributed by atoms with Crippen LogP contribution in [0.3, 0.4) is 0 Å². The van der Waals surface area contributed by atoms with E-state index in [4.69, 9.17) is 0 Å². The van der Waals surface area contributed by atoms with Crippen LogP contribution in [-0.2, 0) is 32.7 Å². The average molecular weight is 521 g/mol. The van der Waals surface area contributed by atoms with Crippen LogP contribution in [-0.4, -0.2) is 9.13 Å². The van der Waals surface area contributed by atoms with Crippen LogP contribution in [0.15, 0.2) is 121 Å². The Hall–Kier alpha value is -3.46. The zero-order chi connectivity index (χ0) is 22.5. The van der Waals surface area contributed by atoms with Gasteiger partial charge in [-0.1, -0.05) is 113 Å². The van der Waals surface area contributed by atoms with E-state index in [0.717, 1.165) is 28.0 Å². The van der Waals surface area contributed by atoms with Gasteiger partial charge in [0.05, 0.1) is 11.0 Å². The molecule has 0 fully saturated rings. The second-order valence-corrected chi connectivity index (χ2v) is 8.50. The van der Waals surface area contributed by atoms with Crippen LogP contribution in [0.25, 0.3) is 55.2 Å². The number of rotatable bonds is 3. The van der Waals surface area contributed by atoms with E-state index in [0.29, 0.717) is 0 Å². The molecule has 0 aliphatic carbocycles. The maximum Gasteiger partial charge on any atom is 0.0518 e. The Morgan fingerprint density at radius 2 is 1.00 bits per heavy atom. The minimum Gasteiger partial charge on any atom is -0.439 e. The summed E-state index contributed by atoms with van der Waals surface area (Å²) in [5, 5.41) is 3.69. The van der Waals surface area contributed by atoms with Gasteiger partial charge in [0.2, 0.25) is 0 Å². The van der Waals surface area contributed by atoms with Crippen molar-refractivity contribution in [2.45, 2.75) is 0 Å². The van der Waals surface area contributed by atoms with E-state index in [2.05, 4.69) is 137 Å². The molecule has 0 spiro atoms. The molecule has 0 saturated heterocycles. The van der Waals surface area contributed by atoms with E-state index in [1.165, 1.54) is 27.2 Å². The predicted octanol–water partition coefficient (Wildman–Crippen LogP) is 7.99. The zero-order valence-corrected chi connectivity index (χ0v) is 21.9. The van der Waals surface area contributed by atoms with Gasteiger partial charge in [-0.05, 0) is 23.8 Å². The minimum atomic E-state index is 0. The van der Waals surface area contributed by atoms with E-state index in [9.17, 15) is 0 Å². The molecule has 0 N–H and O–H groups in total. The molecule has 7 aromatic rings. The van der Waals surface area contributed by atoms with E-state index in [1.54, 1.807) is 0 Å². The van der Waals surface area contributed by atoms with Crippen molar-refractivity contribution in [1.29, 1.82) is 0 Å². The van der Waals surface area contributed by atoms with E-state index >= 15 is 0 Å². The Balaban J connectivity index is 0.00000229. The van der Waals surface area contributed by atoms with Crippen molar-refractivity contribution >= 4 is 32.7 Å². The van der Waals surface area contributed by atoms with Crippen molar-refractivity contribution in [3.63, 3.8) is 0 Å². The number of hydrogen-bond acceptors (Lipinski definition) is 0. The molecule has 0 unspecified atom stereocenters. The predicted molar refractivity (Wildman–Crippen MR) is 141 cm³/mol. The second kappa shape index (κ2) is 8.96. The van der Waals surface area contributed by atoms with Gasteiger partial charge in [0, 0.05) is 43.5 Å². The average Bonchev–Trinajstić information content (AvgIpc) is 3.46. The van der Waals surface area contributed by atoms with Crippen LogP contribution >= 0.6 is 0 Å². The van der Waals surface area contributed by atoms with Crippen LogP contribution in [0.4, 0.5) is 0 Å². The molecule has 1 radical (unpaired) electrons. The topological polar surface area (TPSA) is 9.86 Å². The fraction of sp³-hybridized carbons (Fsp3) is 0. The van der Waals surface area contributed by atoms with Crippen molar-refractivity contribution in [2.75, 3.05) is 0 Å². The summed E-state index contributed by atoms with van der Waals surface area (Å²) >= 11 is 0. The molecule has 2 heterocycles. The first kappa shape index (κ1) is 22.0. The van der Waals surface area contributed by atoms with Crippen LogP contribution in [0, 0.1) is 12.3 Å². The Morgan fingerprint density at radius 3 is 1.69 bits per heavy atom. The molecule has 0 aliphatic rings. The molecule has 0 aliphatic heterocycles. The minimum absolute atomic E-state index is 0. The van der Waals surface area contributed by atoms with Gasteiger partial charge in [0.25, 0.3) is 0 Å². The second-order valence-electron chi connectivity index (χ2n) is 8.50. The maximum atomic E-state index is 3.70. The molecule has 0 bridgehead atoms. The fourth-order valence-electron chi connectivity index (χ4n) is 5.02. The van der Waals surface area contributed by atoms with Crippen molar-refractivity contribution in [1.82, 2.24) is 9.13 Å². The van der Waals surface area contributed by atoms with Gasteiger partial charge in [-0.2, -0.15) is 18.2 Å². The van der Waals surface area contributed by atoms with E-state index in [-0.39, 0.29) is 32.7 Å². The SMILES string of the molecule is [Y].[c-]1c(-n2[c-]c(-c3ccccc3)c3ccccc32)cccc1-n1c2ccccc2c2ccccc21. The van der Waals surface area contributed by atoms with Crippen LogP contribution in [0.5, 0.6) is 0 Å². The summed E-state index contributed by atoms with van der Waals surface area (Å²) < 4.78 is 4.44. The monoisotopic (exact) mass is 521 g/mol. The summed E-state index contributed by atoms with van der Waals surface area (Å²) in [5.41, 5.74) is 7.74. The van der Waals surface area contributed by atoms with Gasteiger partial charge in [0.1, 0.15) is 0 Å². The van der Waals surface area contributed by atoms with E-state index in [1.807, 2.05) is 6.07 Å². The first-order valence-corrected chi connectivity index (χ1v) is 11.5. The molecular formula is C32H20N2Y-2. The molecule has 2 aromatic heterocycles. The van der Waals surface area contributed by atoms with Gasteiger partial charge in [-0.15, -0.1) is 11.8 Å². The number of aromatic nitrogens is 2. The van der Waals surface area contributed by atoms with Gasteiger partial charge in [-0.3, -0.25) is 0 Å². The molecule has 0 atom stereocenters. The Labute approximate surface area is 229 Å². The Kier molecular flexibility index (Phi) is 5.64. The molecule has 0 amide bonds. The zero-order valence-electron chi connectivity index (χ0n) is 19.0. The van der Waals surface area contributed by atoms with Crippen LogP contribution in [0.2, 0.25) is 0 Å². The number of fused-ring (bicyclic) bond motifs is 4. The van der Waals surface area contributed by atoms with Crippen LogP contribution < -0.4 is 0 Å². The van der Waals surface area contributed by atoms with Crippen molar-refractivity contribution in [2.24, 2.45) is 0 Å². The quantitative estimate of drug-likeness (QED) is 0.209. The summed E-state index contributed by atoms with van der Waals surface area (Å²) in [5.74, 6) is 0. The Bertz CT molecular complexity index is 1760. The Morgan fingerprint density at radius 1 is 0.457 bits per heavy atom. The smallest absolute Gasteiger partial charge is 0.0518 e. The third-order valence-corrected chi connectivity index (χ3v) is 6.53.